The second-order valence-electron chi connectivity index (χ2n) is 9.20. The minimum Gasteiger partial charge on any atom is -0.493 e. The maximum absolute atomic E-state index is 13.8. The van der Waals surface area contributed by atoms with Gasteiger partial charge in [0.05, 0.1) is 32.8 Å². The molecular weight excluding hydrogens is 546 g/mol. The summed E-state index contributed by atoms with van der Waals surface area (Å²) in [5.74, 6) is 0.937. The summed E-state index contributed by atoms with van der Waals surface area (Å²) >= 11 is 1.57. The van der Waals surface area contributed by atoms with Crippen LogP contribution >= 0.6 is 11.3 Å². The number of methoxy groups -OCH3 is 2. The predicted molar refractivity (Wildman–Crippen MR) is 158 cm³/mol. The number of benzene rings is 2. The minimum atomic E-state index is -4.05. The molecule has 2 aromatic heterocycles. The molecule has 0 saturated heterocycles. The first-order chi connectivity index (χ1) is 19.3. The topological polar surface area (TPSA) is 89.0 Å². The largest absolute Gasteiger partial charge is 0.493 e. The number of ether oxygens (including phenoxy) is 2. The lowest BCUT2D eigenvalue weighted by atomic mass is 10.1. The number of aryl methyl sites for hydroxylation is 1. The predicted octanol–water partition coefficient (Wildman–Crippen LogP) is 5.07. The zero-order chi connectivity index (χ0) is 28.7. The molecule has 1 amide bonds. The van der Waals surface area contributed by atoms with Gasteiger partial charge in [-0.2, -0.15) is 4.31 Å². The molecule has 210 valence electrons. The van der Waals surface area contributed by atoms with Crippen molar-refractivity contribution < 1.29 is 22.7 Å². The van der Waals surface area contributed by atoms with E-state index >= 15 is 0 Å². The van der Waals surface area contributed by atoms with Crippen molar-refractivity contribution in [2.75, 3.05) is 33.9 Å². The summed E-state index contributed by atoms with van der Waals surface area (Å²) in [5, 5.41) is 2.70. The van der Waals surface area contributed by atoms with Gasteiger partial charge in [-0.05, 0) is 60.2 Å². The van der Waals surface area contributed by atoms with Gasteiger partial charge in [0.1, 0.15) is 4.90 Å². The van der Waals surface area contributed by atoms with E-state index < -0.39 is 10.0 Å². The zero-order valence-electron chi connectivity index (χ0n) is 22.9. The Balaban J connectivity index is 1.61. The van der Waals surface area contributed by atoms with Crippen molar-refractivity contribution in [1.29, 1.82) is 0 Å². The summed E-state index contributed by atoms with van der Waals surface area (Å²) in [6, 6.07) is 16.2. The lowest BCUT2D eigenvalue weighted by molar-refractivity contribution is -0.131. The Hall–Kier alpha value is -3.73. The summed E-state index contributed by atoms with van der Waals surface area (Å²) in [6.07, 6.45) is 3.60. The summed E-state index contributed by atoms with van der Waals surface area (Å²) in [7, 11) is -0.886. The number of fused-ring (bicyclic) bond motifs is 1. The Morgan fingerprint density at radius 2 is 1.85 bits per heavy atom. The number of hydrogen-bond donors (Lipinski definition) is 0. The van der Waals surface area contributed by atoms with E-state index in [-0.39, 0.29) is 23.9 Å². The first-order valence-corrected chi connectivity index (χ1v) is 15.1. The molecule has 4 rings (SSSR count). The average Bonchev–Trinajstić information content (AvgIpc) is 3.38. The Morgan fingerprint density at radius 3 is 2.55 bits per heavy atom. The molecule has 0 unspecified atom stereocenters. The van der Waals surface area contributed by atoms with Gasteiger partial charge in [0.15, 0.2) is 11.5 Å². The van der Waals surface area contributed by atoms with Gasteiger partial charge in [-0.1, -0.05) is 30.3 Å². The van der Waals surface area contributed by atoms with Crippen LogP contribution in [0.25, 0.3) is 10.9 Å². The van der Waals surface area contributed by atoms with Gasteiger partial charge < -0.3 is 14.4 Å². The van der Waals surface area contributed by atoms with Gasteiger partial charge in [0.2, 0.25) is 15.9 Å². The smallest absolute Gasteiger partial charge is 0.246 e. The van der Waals surface area contributed by atoms with Crippen LogP contribution in [0.3, 0.4) is 0 Å². The van der Waals surface area contributed by atoms with E-state index in [9.17, 15) is 13.2 Å². The van der Waals surface area contributed by atoms with Gasteiger partial charge in [-0.3, -0.25) is 9.78 Å². The average molecular weight is 580 g/mol. The number of rotatable bonds is 13. The fraction of sp³-hybridized carbons (Fsp3) is 0.267. The van der Waals surface area contributed by atoms with Crippen LogP contribution in [0.5, 0.6) is 11.5 Å². The number of carbonyl (C=O) groups is 1. The van der Waals surface area contributed by atoms with Crippen LogP contribution in [0.2, 0.25) is 0 Å². The summed E-state index contributed by atoms with van der Waals surface area (Å²) < 4.78 is 39.6. The highest BCUT2D eigenvalue weighted by atomic mass is 32.2. The summed E-state index contributed by atoms with van der Waals surface area (Å²) in [6.45, 7) is 6.17. The number of thiophene rings is 1. The number of pyridine rings is 1. The maximum Gasteiger partial charge on any atom is 0.246 e. The number of nitrogens with zero attached hydrogens (tertiary/aromatic N) is 3. The van der Waals surface area contributed by atoms with Gasteiger partial charge in [0, 0.05) is 29.5 Å². The third-order valence-electron chi connectivity index (χ3n) is 6.63. The number of aromatic nitrogens is 1. The Labute approximate surface area is 239 Å². The van der Waals surface area contributed by atoms with Crippen molar-refractivity contribution in [2.45, 2.75) is 24.8 Å². The third kappa shape index (κ3) is 6.52. The molecule has 0 aliphatic rings. The quantitative estimate of drug-likeness (QED) is 0.206. The number of amides is 1. The molecule has 40 heavy (non-hydrogen) atoms. The van der Waals surface area contributed by atoms with Crippen LogP contribution in [-0.4, -0.2) is 62.4 Å². The van der Waals surface area contributed by atoms with E-state index in [4.69, 9.17) is 9.47 Å². The summed E-state index contributed by atoms with van der Waals surface area (Å²) in [4.78, 5) is 20.9. The van der Waals surface area contributed by atoms with Crippen LogP contribution in [0.4, 0.5) is 0 Å². The van der Waals surface area contributed by atoms with E-state index in [0.717, 1.165) is 20.3 Å². The molecule has 0 fully saturated rings. The van der Waals surface area contributed by atoms with Crippen molar-refractivity contribution in [3.05, 3.63) is 94.8 Å². The van der Waals surface area contributed by atoms with Crippen LogP contribution in [0.1, 0.15) is 16.0 Å². The normalized spacial score (nSPS) is 11.5. The SMILES string of the molecule is C=CCN(CC(=O)N(CCc1ccc(OC)c(OC)c1)Cc1sccc1C)S(=O)(=O)c1cccc2cccnc12. The number of carbonyl (C=O) groups excluding carboxylic acids is 1. The summed E-state index contributed by atoms with van der Waals surface area (Å²) in [5.41, 5.74) is 2.42. The second kappa shape index (κ2) is 13.1. The lowest BCUT2D eigenvalue weighted by Gasteiger charge is -2.27. The fourth-order valence-electron chi connectivity index (χ4n) is 4.40. The maximum atomic E-state index is 13.8. The van der Waals surface area contributed by atoms with Crippen LogP contribution in [0, 0.1) is 6.92 Å². The molecule has 0 saturated carbocycles. The van der Waals surface area contributed by atoms with E-state index in [1.165, 1.54) is 12.1 Å². The molecule has 0 bridgehead atoms. The molecule has 2 aromatic carbocycles. The highest BCUT2D eigenvalue weighted by molar-refractivity contribution is 7.89. The molecule has 0 atom stereocenters. The Kier molecular flexibility index (Phi) is 9.57. The number of sulfonamides is 1. The van der Waals surface area contributed by atoms with Crippen molar-refractivity contribution in [3.8, 4) is 11.5 Å². The van der Waals surface area contributed by atoms with Crippen LogP contribution in [-0.2, 0) is 27.8 Å². The van der Waals surface area contributed by atoms with E-state index in [1.54, 1.807) is 48.8 Å². The van der Waals surface area contributed by atoms with E-state index in [1.807, 2.05) is 48.7 Å². The molecule has 0 radical (unpaired) electrons. The second-order valence-corrected chi connectivity index (χ2v) is 12.1. The molecule has 2 heterocycles. The molecule has 0 aliphatic heterocycles. The Morgan fingerprint density at radius 1 is 1.07 bits per heavy atom. The van der Waals surface area contributed by atoms with Gasteiger partial charge in [-0.15, -0.1) is 17.9 Å². The van der Waals surface area contributed by atoms with E-state index in [2.05, 4.69) is 11.6 Å². The molecule has 0 aliphatic carbocycles. The number of hydrogen-bond acceptors (Lipinski definition) is 7. The van der Waals surface area contributed by atoms with Crippen molar-refractivity contribution in [1.82, 2.24) is 14.2 Å². The zero-order valence-corrected chi connectivity index (χ0v) is 24.5. The van der Waals surface area contributed by atoms with Gasteiger partial charge in [0.25, 0.3) is 0 Å². The minimum absolute atomic E-state index is 0.0150. The van der Waals surface area contributed by atoms with Gasteiger partial charge in [-0.25, -0.2) is 8.42 Å². The van der Waals surface area contributed by atoms with Gasteiger partial charge >= 0.3 is 0 Å². The van der Waals surface area contributed by atoms with Crippen LogP contribution < -0.4 is 9.47 Å². The lowest BCUT2D eigenvalue weighted by Crippen LogP contribution is -2.43. The molecule has 8 nitrogen and oxygen atoms in total. The highest BCUT2D eigenvalue weighted by Gasteiger charge is 2.30. The first kappa shape index (κ1) is 29.3. The van der Waals surface area contributed by atoms with Crippen molar-refractivity contribution in [2.24, 2.45) is 0 Å². The van der Waals surface area contributed by atoms with E-state index in [0.29, 0.717) is 41.9 Å². The molecular formula is C30H33N3O5S2. The third-order valence-corrected chi connectivity index (χ3v) is 9.48. The standard InChI is InChI=1S/C30H33N3O5S2/c1-5-16-33(40(35,36)28-10-6-8-24-9-7-15-31-30(24)28)21-29(34)32(20-27-22(2)14-18-39-27)17-13-23-11-12-25(37-3)26(19-23)38-4/h5-12,14-15,18-19H,1,13,16-17,20-21H2,2-4H3. The first-order valence-electron chi connectivity index (χ1n) is 12.7. The molecule has 0 N–H and O–H groups in total. The monoisotopic (exact) mass is 579 g/mol. The highest BCUT2D eigenvalue weighted by Crippen LogP contribution is 2.28. The number of para-hydroxylation sites is 1. The fourth-order valence-corrected chi connectivity index (χ4v) is 6.84. The van der Waals surface area contributed by atoms with Crippen LogP contribution in [0.15, 0.2) is 83.7 Å². The Bertz CT molecular complexity index is 1590. The van der Waals surface area contributed by atoms with Crippen molar-refractivity contribution >= 4 is 38.2 Å². The molecule has 4 aromatic rings. The molecule has 0 spiro atoms. The van der Waals surface area contributed by atoms with Crippen molar-refractivity contribution in [3.63, 3.8) is 0 Å². The molecule has 10 heteroatoms.